The number of ether oxygens (including phenoxy) is 1. The van der Waals surface area contributed by atoms with Crippen molar-refractivity contribution in [1.82, 2.24) is 21.3 Å². The van der Waals surface area contributed by atoms with Gasteiger partial charge in [0, 0.05) is 34.3 Å². The molecule has 2 aromatic carbocycles. The summed E-state index contributed by atoms with van der Waals surface area (Å²) in [6, 6.07) is 11.8. The fourth-order valence-corrected chi connectivity index (χ4v) is 4.37. The highest BCUT2D eigenvalue weighted by molar-refractivity contribution is 6.31. The molecule has 0 aromatic heterocycles. The van der Waals surface area contributed by atoms with E-state index in [1.807, 2.05) is 0 Å². The monoisotopic (exact) mass is 516 g/mol. The number of carbonyl (C=O) groups is 3. The molecule has 2 heterocycles. The van der Waals surface area contributed by atoms with Crippen LogP contribution in [0.2, 0.25) is 10.0 Å². The molecule has 35 heavy (non-hydrogen) atoms. The van der Waals surface area contributed by atoms with Gasteiger partial charge in [-0.3, -0.25) is 14.4 Å². The lowest BCUT2D eigenvalue weighted by molar-refractivity contribution is -0.133. The lowest BCUT2D eigenvalue weighted by Crippen LogP contribution is -2.63. The number of hydrogen-bond acceptors (Lipinski definition) is 5. The molecule has 8 nitrogen and oxygen atoms in total. The third kappa shape index (κ3) is 6.14. The number of hydrogen-bond donors (Lipinski definition) is 4. The maximum absolute atomic E-state index is 13.2. The Hall–Kier alpha value is -3.07. The summed E-state index contributed by atoms with van der Waals surface area (Å²) in [5.41, 5.74) is 0.557. The van der Waals surface area contributed by atoms with Crippen LogP contribution in [0, 0.1) is 0 Å². The van der Waals surface area contributed by atoms with Gasteiger partial charge in [0.25, 0.3) is 11.8 Å². The van der Waals surface area contributed by atoms with E-state index < -0.39 is 5.54 Å². The van der Waals surface area contributed by atoms with Crippen LogP contribution in [0.25, 0.3) is 6.08 Å². The lowest BCUT2D eigenvalue weighted by atomic mass is 9.86. The average Bonchev–Trinajstić information content (AvgIpc) is 2.86. The first-order valence-electron chi connectivity index (χ1n) is 11.3. The number of nitrogens with one attached hydrogen (secondary N) is 4. The molecule has 2 aliphatic heterocycles. The SMILES string of the molecule is O=C(NC1(C(=O)NCCNC(=O)c2ccc(Cl)cc2)CCNCC1)C1=Cc2cc(Cl)ccc2OC1. The third-order valence-corrected chi connectivity index (χ3v) is 6.51. The van der Waals surface area contributed by atoms with Gasteiger partial charge < -0.3 is 26.0 Å². The molecule has 10 heteroatoms. The van der Waals surface area contributed by atoms with Gasteiger partial charge in [-0.25, -0.2) is 0 Å². The summed E-state index contributed by atoms with van der Waals surface area (Å²) in [6.45, 7) is 1.75. The highest BCUT2D eigenvalue weighted by atomic mass is 35.5. The Kier molecular flexibility index (Phi) is 7.95. The Morgan fingerprint density at radius 1 is 0.914 bits per heavy atom. The lowest BCUT2D eigenvalue weighted by Gasteiger charge is -2.37. The summed E-state index contributed by atoms with van der Waals surface area (Å²) in [6.07, 6.45) is 2.62. The summed E-state index contributed by atoms with van der Waals surface area (Å²) in [7, 11) is 0. The maximum atomic E-state index is 13.2. The molecular formula is C25H26Cl2N4O4. The number of rotatable bonds is 7. The molecule has 1 fully saturated rings. The van der Waals surface area contributed by atoms with E-state index in [0.717, 1.165) is 0 Å². The zero-order chi connectivity index (χ0) is 24.8. The smallest absolute Gasteiger partial charge is 0.251 e. The minimum absolute atomic E-state index is 0.104. The Bertz CT molecular complexity index is 1140. The second-order valence-corrected chi connectivity index (χ2v) is 9.32. The minimum atomic E-state index is -1.06. The summed E-state index contributed by atoms with van der Waals surface area (Å²) >= 11 is 11.9. The van der Waals surface area contributed by atoms with Crippen molar-refractivity contribution in [3.8, 4) is 5.75 Å². The molecule has 4 rings (SSSR count). The van der Waals surface area contributed by atoms with Crippen molar-refractivity contribution in [3.63, 3.8) is 0 Å². The van der Waals surface area contributed by atoms with Crippen molar-refractivity contribution < 1.29 is 19.1 Å². The first-order valence-corrected chi connectivity index (χ1v) is 12.1. The van der Waals surface area contributed by atoms with Crippen LogP contribution in [0.15, 0.2) is 48.0 Å². The molecule has 2 aliphatic rings. The molecule has 0 saturated carbocycles. The van der Waals surface area contributed by atoms with E-state index in [9.17, 15) is 14.4 Å². The van der Waals surface area contributed by atoms with Gasteiger partial charge in [-0.1, -0.05) is 23.2 Å². The topological polar surface area (TPSA) is 109 Å². The summed E-state index contributed by atoms with van der Waals surface area (Å²) in [4.78, 5) is 38.5. The number of carbonyl (C=O) groups excluding carboxylic acids is 3. The molecule has 0 radical (unpaired) electrons. The quantitative estimate of drug-likeness (QED) is 0.423. The van der Waals surface area contributed by atoms with Gasteiger partial charge in [0.1, 0.15) is 17.9 Å². The van der Waals surface area contributed by atoms with Gasteiger partial charge in [0.05, 0.1) is 5.57 Å². The van der Waals surface area contributed by atoms with Gasteiger partial charge in [0.15, 0.2) is 0 Å². The highest BCUT2D eigenvalue weighted by Gasteiger charge is 2.41. The van der Waals surface area contributed by atoms with E-state index >= 15 is 0 Å². The van der Waals surface area contributed by atoms with Crippen LogP contribution in [0.3, 0.4) is 0 Å². The maximum Gasteiger partial charge on any atom is 0.251 e. The fourth-order valence-electron chi connectivity index (χ4n) is 4.06. The van der Waals surface area contributed by atoms with Crippen LogP contribution < -0.4 is 26.0 Å². The molecular weight excluding hydrogens is 491 g/mol. The van der Waals surface area contributed by atoms with Crippen molar-refractivity contribution in [2.24, 2.45) is 0 Å². The molecule has 184 valence electrons. The van der Waals surface area contributed by atoms with Gasteiger partial charge in [-0.2, -0.15) is 0 Å². The van der Waals surface area contributed by atoms with Gasteiger partial charge in [-0.15, -0.1) is 0 Å². The summed E-state index contributed by atoms with van der Waals surface area (Å²) in [5, 5.41) is 12.9. The van der Waals surface area contributed by atoms with Crippen molar-refractivity contribution >= 4 is 47.0 Å². The van der Waals surface area contributed by atoms with E-state index in [2.05, 4.69) is 21.3 Å². The zero-order valence-corrected chi connectivity index (χ0v) is 20.5. The zero-order valence-electron chi connectivity index (χ0n) is 19.0. The van der Waals surface area contributed by atoms with Gasteiger partial charge >= 0.3 is 0 Å². The highest BCUT2D eigenvalue weighted by Crippen LogP contribution is 2.29. The van der Waals surface area contributed by atoms with E-state index in [4.69, 9.17) is 27.9 Å². The Balaban J connectivity index is 1.36. The van der Waals surface area contributed by atoms with Crippen molar-refractivity contribution in [1.29, 1.82) is 0 Å². The van der Waals surface area contributed by atoms with Crippen molar-refractivity contribution in [3.05, 3.63) is 69.2 Å². The van der Waals surface area contributed by atoms with Crippen LogP contribution >= 0.6 is 23.2 Å². The number of fused-ring (bicyclic) bond motifs is 1. The molecule has 0 unspecified atom stereocenters. The molecule has 3 amide bonds. The first kappa shape index (κ1) is 25.0. The molecule has 4 N–H and O–H groups in total. The minimum Gasteiger partial charge on any atom is -0.488 e. The van der Waals surface area contributed by atoms with E-state index in [0.29, 0.717) is 58.4 Å². The Labute approximate surface area is 213 Å². The van der Waals surface area contributed by atoms with Crippen LogP contribution in [0.5, 0.6) is 5.75 Å². The summed E-state index contributed by atoms with van der Waals surface area (Å²) < 4.78 is 5.69. The van der Waals surface area contributed by atoms with E-state index in [1.165, 1.54) is 0 Å². The van der Waals surface area contributed by atoms with Crippen molar-refractivity contribution in [2.45, 2.75) is 18.4 Å². The predicted molar refractivity (Wildman–Crippen MR) is 135 cm³/mol. The van der Waals surface area contributed by atoms with E-state index in [-0.39, 0.29) is 37.4 Å². The van der Waals surface area contributed by atoms with Crippen LogP contribution in [-0.2, 0) is 9.59 Å². The van der Waals surface area contributed by atoms with E-state index in [1.54, 1.807) is 48.5 Å². The Morgan fingerprint density at radius 2 is 1.60 bits per heavy atom. The standard InChI is InChI=1S/C25H26Cl2N4O4/c26-19-3-1-16(2-4-19)22(32)29-11-12-30-24(34)25(7-9-28-10-8-25)31-23(33)18-13-17-14-20(27)5-6-21(17)35-15-18/h1-6,13-14,28H,7-12,15H2,(H,29,32)(H,30,34)(H,31,33). The second-order valence-electron chi connectivity index (χ2n) is 8.45. The third-order valence-electron chi connectivity index (χ3n) is 6.02. The summed E-state index contributed by atoms with van der Waals surface area (Å²) in [5.74, 6) is -0.246. The second kappa shape index (κ2) is 11.1. The predicted octanol–water partition coefficient (Wildman–Crippen LogP) is 2.55. The molecule has 0 bridgehead atoms. The number of amides is 3. The van der Waals surface area contributed by atoms with Crippen LogP contribution in [0.4, 0.5) is 0 Å². The van der Waals surface area contributed by atoms with Crippen molar-refractivity contribution in [2.75, 3.05) is 32.8 Å². The fraction of sp³-hybridized carbons (Fsp3) is 0.320. The molecule has 0 aliphatic carbocycles. The van der Waals surface area contributed by atoms with Crippen LogP contribution in [0.1, 0.15) is 28.8 Å². The largest absolute Gasteiger partial charge is 0.488 e. The first-order chi connectivity index (χ1) is 16.9. The number of halogens is 2. The molecule has 2 aromatic rings. The molecule has 0 atom stereocenters. The molecule has 0 spiro atoms. The average molecular weight is 517 g/mol. The van der Waals surface area contributed by atoms with Gasteiger partial charge in [0.2, 0.25) is 5.91 Å². The molecule has 1 saturated heterocycles. The number of benzene rings is 2. The normalized spacial score (nSPS) is 16.2. The Morgan fingerprint density at radius 3 is 2.34 bits per heavy atom. The van der Waals surface area contributed by atoms with Gasteiger partial charge in [-0.05, 0) is 74.5 Å². The van der Waals surface area contributed by atoms with Crippen LogP contribution in [-0.4, -0.2) is 56.0 Å². The number of piperidine rings is 1.